The average molecular weight is 645 g/mol. The molecule has 0 radical (unpaired) electrons. The Kier molecular flexibility index (Phi) is 7.96. The van der Waals surface area contributed by atoms with E-state index >= 15 is 0 Å². The molecule has 3 aliphatic rings. The summed E-state index contributed by atoms with van der Waals surface area (Å²) in [6, 6.07) is 25.8. The van der Waals surface area contributed by atoms with Crippen LogP contribution in [0.15, 0.2) is 89.9 Å². The Balaban J connectivity index is 1.28. The smallest absolute Gasteiger partial charge is 0.328 e. The molecule has 5 unspecified atom stereocenters. The fraction of sp³-hybridized carbons (Fsp3) is 0.353. The Morgan fingerprint density at radius 3 is 2.37 bits per heavy atom. The normalized spacial score (nSPS) is 26.4. The second kappa shape index (κ2) is 11.7. The molecule has 43 heavy (non-hydrogen) atoms. The number of nitrogens with one attached hydrogen (secondary N) is 1. The molecule has 1 amide bonds. The number of hydrogen-bond acceptors (Lipinski definition) is 6. The molecule has 3 aromatic carbocycles. The van der Waals surface area contributed by atoms with Gasteiger partial charge in [-0.3, -0.25) is 19.5 Å². The van der Waals surface area contributed by atoms with Crippen LogP contribution in [0.3, 0.4) is 0 Å². The van der Waals surface area contributed by atoms with Crippen molar-refractivity contribution in [3.8, 4) is 0 Å². The number of esters is 1. The summed E-state index contributed by atoms with van der Waals surface area (Å²) in [5.74, 6) is -1.33. The van der Waals surface area contributed by atoms with E-state index in [2.05, 4.69) is 38.3 Å². The first-order valence-electron chi connectivity index (χ1n) is 14.7. The van der Waals surface area contributed by atoms with E-state index in [9.17, 15) is 19.5 Å². The Labute approximate surface area is 259 Å². The van der Waals surface area contributed by atoms with E-state index in [1.165, 1.54) is 5.56 Å². The number of benzene rings is 3. The number of nitrogens with zero attached hydrogens (tertiary/aromatic N) is 2. The lowest BCUT2D eigenvalue weighted by Crippen LogP contribution is -2.34. The highest BCUT2D eigenvalue weighted by Crippen LogP contribution is 2.83. The van der Waals surface area contributed by atoms with Gasteiger partial charge in [-0.05, 0) is 37.3 Å². The fourth-order valence-corrected chi connectivity index (χ4v) is 7.49. The quantitative estimate of drug-likeness (QED) is 0.120. The minimum atomic E-state index is -1.23. The lowest BCUT2D eigenvalue weighted by atomic mass is 9.83. The highest BCUT2D eigenvalue weighted by molar-refractivity contribution is 9.10. The summed E-state index contributed by atoms with van der Waals surface area (Å²) in [5, 5.41) is 13.3. The van der Waals surface area contributed by atoms with E-state index in [0.717, 1.165) is 25.9 Å². The first kappa shape index (κ1) is 29.3. The molecule has 8 nitrogen and oxygen atoms in total. The fourth-order valence-electron chi connectivity index (χ4n) is 7.00. The van der Waals surface area contributed by atoms with Crippen LogP contribution in [0.4, 0.5) is 5.69 Å². The van der Waals surface area contributed by atoms with Crippen molar-refractivity contribution in [2.45, 2.75) is 49.1 Å². The number of aliphatic imine (C=N–C) groups is 1. The second-order valence-electron chi connectivity index (χ2n) is 11.5. The van der Waals surface area contributed by atoms with Crippen LogP contribution in [0.25, 0.3) is 0 Å². The van der Waals surface area contributed by atoms with Crippen LogP contribution in [-0.2, 0) is 25.7 Å². The Bertz CT molecular complexity index is 1560. The molecular weight excluding hydrogens is 610 g/mol. The van der Waals surface area contributed by atoms with Crippen LogP contribution in [0.5, 0.6) is 0 Å². The predicted octanol–water partition coefficient (Wildman–Crippen LogP) is 5.30. The molecule has 6 rings (SSSR count). The van der Waals surface area contributed by atoms with Crippen LogP contribution < -0.4 is 5.32 Å². The van der Waals surface area contributed by atoms with Gasteiger partial charge in [-0.15, -0.1) is 0 Å². The molecule has 3 aromatic rings. The third kappa shape index (κ3) is 5.18. The Hall–Kier alpha value is -3.82. The summed E-state index contributed by atoms with van der Waals surface area (Å²) >= 11 is 3.28. The van der Waals surface area contributed by atoms with Crippen molar-refractivity contribution >= 4 is 45.2 Å². The van der Waals surface area contributed by atoms with E-state index in [1.54, 1.807) is 6.92 Å². The van der Waals surface area contributed by atoms with Crippen LogP contribution in [0, 0.1) is 11.3 Å². The molecule has 1 spiro atoms. The Morgan fingerprint density at radius 1 is 1.05 bits per heavy atom. The van der Waals surface area contributed by atoms with Gasteiger partial charge in [-0.1, -0.05) is 94.8 Å². The SMILES string of the molecule is CCOC(=O)C(Br)C[C@H](N=C(c1ccccc1)c1ccccc1NC(=O)C12CCC1C21CN1Cc1ccccc1)C(=O)O. The Morgan fingerprint density at radius 2 is 1.72 bits per heavy atom. The van der Waals surface area contributed by atoms with Crippen molar-refractivity contribution in [1.82, 2.24) is 4.90 Å². The number of fused-ring (bicyclic) bond motifs is 3. The van der Waals surface area contributed by atoms with Gasteiger partial charge in [0.05, 0.1) is 29.0 Å². The highest BCUT2D eigenvalue weighted by Gasteiger charge is 2.92. The van der Waals surface area contributed by atoms with Crippen LogP contribution >= 0.6 is 15.9 Å². The number of amides is 1. The van der Waals surface area contributed by atoms with Gasteiger partial charge >= 0.3 is 11.9 Å². The average Bonchev–Trinajstić information content (AvgIpc) is 3.79. The van der Waals surface area contributed by atoms with Gasteiger partial charge < -0.3 is 15.2 Å². The number of hydrogen-bond donors (Lipinski definition) is 2. The minimum Gasteiger partial charge on any atom is -0.480 e. The summed E-state index contributed by atoms with van der Waals surface area (Å²) in [7, 11) is 0. The lowest BCUT2D eigenvalue weighted by molar-refractivity contribution is -0.143. The van der Waals surface area contributed by atoms with E-state index in [-0.39, 0.29) is 24.5 Å². The number of anilines is 1. The zero-order valence-corrected chi connectivity index (χ0v) is 25.5. The van der Waals surface area contributed by atoms with Crippen molar-refractivity contribution in [3.63, 3.8) is 0 Å². The monoisotopic (exact) mass is 643 g/mol. The van der Waals surface area contributed by atoms with Gasteiger partial charge in [-0.2, -0.15) is 0 Å². The van der Waals surface area contributed by atoms with Gasteiger partial charge in [0.25, 0.3) is 0 Å². The van der Waals surface area contributed by atoms with Crippen LogP contribution in [0.1, 0.15) is 42.9 Å². The number of halogens is 1. The lowest BCUT2D eigenvalue weighted by Gasteiger charge is -2.25. The van der Waals surface area contributed by atoms with Gasteiger partial charge in [-0.25, -0.2) is 4.79 Å². The van der Waals surface area contributed by atoms with Gasteiger partial charge in [0.2, 0.25) is 5.91 Å². The van der Waals surface area contributed by atoms with E-state index in [0.29, 0.717) is 28.4 Å². The van der Waals surface area contributed by atoms with Crippen molar-refractivity contribution in [2.75, 3.05) is 18.5 Å². The maximum Gasteiger partial charge on any atom is 0.328 e. The zero-order valence-electron chi connectivity index (χ0n) is 23.9. The zero-order chi connectivity index (χ0) is 30.2. The molecule has 2 saturated carbocycles. The maximum absolute atomic E-state index is 14.0. The number of carboxylic acid groups (broad SMARTS) is 1. The molecule has 0 bridgehead atoms. The third-order valence-corrected chi connectivity index (χ3v) is 9.97. The topological polar surface area (TPSA) is 108 Å². The van der Waals surface area contributed by atoms with E-state index < -0.39 is 28.2 Å². The molecule has 222 valence electrons. The number of carboxylic acids is 1. The number of carbonyl (C=O) groups excluding carboxylic acids is 2. The first-order valence-corrected chi connectivity index (χ1v) is 15.6. The van der Waals surface area contributed by atoms with Crippen molar-refractivity contribution < 1.29 is 24.2 Å². The molecule has 3 fully saturated rings. The van der Waals surface area contributed by atoms with E-state index in [4.69, 9.17) is 9.73 Å². The number of rotatable bonds is 12. The molecule has 2 aliphatic carbocycles. The van der Waals surface area contributed by atoms with Crippen LogP contribution in [0.2, 0.25) is 0 Å². The van der Waals surface area contributed by atoms with Crippen molar-refractivity contribution in [2.24, 2.45) is 16.3 Å². The van der Waals surface area contributed by atoms with Gasteiger partial charge in [0, 0.05) is 30.6 Å². The highest BCUT2D eigenvalue weighted by atomic mass is 79.9. The molecular formula is C34H34BrN3O5. The third-order valence-electron chi connectivity index (χ3n) is 9.22. The summed E-state index contributed by atoms with van der Waals surface area (Å²) in [6.45, 7) is 3.65. The van der Waals surface area contributed by atoms with Gasteiger partial charge in [0.15, 0.2) is 0 Å². The first-order chi connectivity index (χ1) is 20.8. The number of ether oxygens (including phenoxy) is 1. The van der Waals surface area contributed by atoms with Crippen molar-refractivity contribution in [3.05, 3.63) is 102 Å². The second-order valence-corrected chi connectivity index (χ2v) is 12.6. The minimum absolute atomic E-state index is 0.0109. The largest absolute Gasteiger partial charge is 0.480 e. The molecule has 0 aromatic heterocycles. The molecule has 6 atom stereocenters. The number of carbonyl (C=O) groups is 3. The summed E-state index contributed by atoms with van der Waals surface area (Å²) in [6.07, 6.45) is 1.81. The number of alkyl halides is 1. The van der Waals surface area contributed by atoms with Gasteiger partial charge in [0.1, 0.15) is 10.9 Å². The van der Waals surface area contributed by atoms with Crippen LogP contribution in [-0.4, -0.2) is 63.1 Å². The number of para-hydroxylation sites is 1. The summed E-state index contributed by atoms with van der Waals surface area (Å²) < 4.78 is 5.06. The molecule has 1 saturated heterocycles. The van der Waals surface area contributed by atoms with E-state index in [1.807, 2.05) is 72.8 Å². The standard InChI is InChI=1S/C34H34BrN3O5/c1-2-43-31(41)25(35)19-27(30(39)40)36-29(23-13-7-4-8-14-23)24-15-9-10-16-26(24)37-32(42)33-18-17-28(33)34(33)21-38(34)20-22-11-5-3-6-12-22/h3-16,25,27-28H,2,17-21H2,1H3,(H,37,42)(H,39,40)/t25?,27-,28?,33?,34?,38?/m0/s1. The molecule has 9 heteroatoms. The van der Waals surface area contributed by atoms with Crippen molar-refractivity contribution in [1.29, 1.82) is 0 Å². The maximum atomic E-state index is 14.0. The summed E-state index contributed by atoms with van der Waals surface area (Å²) in [5.41, 5.74) is 3.12. The summed E-state index contributed by atoms with van der Waals surface area (Å²) in [4.78, 5) is 44.9. The molecule has 2 N–H and O–H groups in total. The molecule has 1 aliphatic heterocycles. The molecule has 1 heterocycles. The number of aliphatic carboxylic acids is 1. The predicted molar refractivity (Wildman–Crippen MR) is 167 cm³/mol.